The number of amides is 3. The molecule has 38 heavy (non-hydrogen) atoms. The van der Waals surface area contributed by atoms with Crippen LogP contribution in [0.1, 0.15) is 58.2 Å². The number of aromatic nitrogens is 2. The van der Waals surface area contributed by atoms with Gasteiger partial charge < -0.3 is 15.5 Å². The van der Waals surface area contributed by atoms with Crippen LogP contribution in [0.2, 0.25) is 15.1 Å². The predicted octanol–water partition coefficient (Wildman–Crippen LogP) is 8.10. The third kappa shape index (κ3) is 7.88. The summed E-state index contributed by atoms with van der Waals surface area (Å²) in [4.78, 5) is 27.9. The molecule has 2 N–H and O–H groups in total. The van der Waals surface area contributed by atoms with Crippen LogP contribution in [0.25, 0.3) is 5.69 Å². The van der Waals surface area contributed by atoms with Gasteiger partial charge in [0.1, 0.15) is 12.4 Å². The van der Waals surface area contributed by atoms with Crippen LogP contribution in [0.5, 0.6) is 0 Å². The maximum absolute atomic E-state index is 13.2. The Kier molecular flexibility index (Phi) is 10.1. The zero-order valence-corrected chi connectivity index (χ0v) is 24.6. The van der Waals surface area contributed by atoms with Crippen LogP contribution in [-0.2, 0) is 10.2 Å². The fraction of sp³-hybridized carbons (Fsp3) is 0.393. The van der Waals surface area contributed by atoms with E-state index < -0.39 is 0 Å². The minimum absolute atomic E-state index is 0.132. The Bertz CT molecular complexity index is 1300. The van der Waals surface area contributed by atoms with E-state index in [1.54, 1.807) is 35.0 Å². The van der Waals surface area contributed by atoms with Crippen molar-refractivity contribution < 1.29 is 9.59 Å². The highest BCUT2D eigenvalue weighted by atomic mass is 35.5. The third-order valence-electron chi connectivity index (χ3n) is 5.97. The standard InChI is InChI=1S/C28H34Cl3N5O2/c1-6-7-8-13-35(27(38)32-19-10-9-18(2)22(30)14-19)17-26(37)33-25-16-24(28(3,4)5)34-36(25)20-11-12-21(29)23(31)15-20/h9-12,14-16H,6-8,13,17H2,1-5H3,(H,32,38)(H,33,37). The first kappa shape index (κ1) is 29.8. The summed E-state index contributed by atoms with van der Waals surface area (Å²) in [7, 11) is 0. The number of hydrogen-bond acceptors (Lipinski definition) is 3. The van der Waals surface area contributed by atoms with Gasteiger partial charge in [-0.2, -0.15) is 5.10 Å². The Morgan fingerprint density at radius 3 is 2.32 bits per heavy atom. The van der Waals surface area contributed by atoms with E-state index in [1.807, 2.05) is 39.8 Å². The predicted molar refractivity (Wildman–Crippen MR) is 157 cm³/mol. The average Bonchev–Trinajstić information content (AvgIpc) is 3.27. The van der Waals surface area contributed by atoms with E-state index in [0.717, 1.165) is 30.5 Å². The molecule has 0 atom stereocenters. The summed E-state index contributed by atoms with van der Waals surface area (Å²) in [5.74, 6) is 0.123. The molecule has 3 aromatic rings. The van der Waals surface area contributed by atoms with E-state index in [0.29, 0.717) is 38.8 Å². The Morgan fingerprint density at radius 2 is 1.68 bits per heavy atom. The topological polar surface area (TPSA) is 79.3 Å². The van der Waals surface area contributed by atoms with Crippen LogP contribution in [0.4, 0.5) is 16.3 Å². The Morgan fingerprint density at radius 1 is 0.947 bits per heavy atom. The van der Waals surface area contributed by atoms with Gasteiger partial charge in [-0.25, -0.2) is 9.48 Å². The van der Waals surface area contributed by atoms with E-state index in [2.05, 4.69) is 17.6 Å². The fourth-order valence-electron chi connectivity index (χ4n) is 3.68. The van der Waals surface area contributed by atoms with Gasteiger partial charge in [-0.15, -0.1) is 0 Å². The number of aryl methyl sites for hydroxylation is 1. The largest absolute Gasteiger partial charge is 0.322 e. The maximum atomic E-state index is 13.2. The summed E-state index contributed by atoms with van der Waals surface area (Å²) in [6.45, 7) is 10.4. The highest BCUT2D eigenvalue weighted by Gasteiger charge is 2.23. The number of nitrogens with one attached hydrogen (secondary N) is 2. The van der Waals surface area contributed by atoms with Crippen molar-refractivity contribution in [3.8, 4) is 5.69 Å². The molecule has 0 saturated heterocycles. The molecule has 10 heteroatoms. The fourth-order valence-corrected chi connectivity index (χ4v) is 4.16. The molecule has 0 unspecified atom stereocenters. The Hall–Kier alpha value is -2.74. The molecule has 3 rings (SSSR count). The number of hydrogen-bond donors (Lipinski definition) is 2. The molecule has 2 aromatic carbocycles. The molecule has 1 heterocycles. The van der Waals surface area contributed by atoms with Crippen LogP contribution in [-0.4, -0.2) is 39.7 Å². The van der Waals surface area contributed by atoms with Gasteiger partial charge in [0.15, 0.2) is 0 Å². The van der Waals surface area contributed by atoms with Crippen molar-refractivity contribution in [3.05, 3.63) is 68.8 Å². The highest BCUT2D eigenvalue weighted by molar-refractivity contribution is 6.42. The van der Waals surface area contributed by atoms with E-state index in [1.165, 1.54) is 4.90 Å². The van der Waals surface area contributed by atoms with Crippen molar-refractivity contribution in [2.45, 2.75) is 59.3 Å². The third-order valence-corrected chi connectivity index (χ3v) is 7.12. The van der Waals surface area contributed by atoms with Crippen molar-refractivity contribution in [1.29, 1.82) is 0 Å². The second kappa shape index (κ2) is 12.9. The van der Waals surface area contributed by atoms with Crippen LogP contribution in [0.3, 0.4) is 0 Å². The van der Waals surface area contributed by atoms with Gasteiger partial charge in [-0.1, -0.05) is 81.4 Å². The van der Waals surface area contributed by atoms with E-state index in [9.17, 15) is 9.59 Å². The molecule has 0 saturated carbocycles. The zero-order chi connectivity index (χ0) is 28.0. The smallest absolute Gasteiger partial charge is 0.315 e. The molecule has 1 aromatic heterocycles. The number of carbonyl (C=O) groups is 2. The summed E-state index contributed by atoms with van der Waals surface area (Å²) in [5, 5.41) is 11.9. The summed E-state index contributed by atoms with van der Waals surface area (Å²) >= 11 is 18.6. The number of anilines is 2. The number of carbonyl (C=O) groups excluding carboxylic acids is 2. The van der Waals surface area contributed by atoms with Crippen LogP contribution < -0.4 is 10.6 Å². The lowest BCUT2D eigenvalue weighted by Gasteiger charge is -2.23. The molecule has 3 amide bonds. The van der Waals surface area contributed by atoms with Crippen molar-refractivity contribution in [3.63, 3.8) is 0 Å². The second-order valence-electron chi connectivity index (χ2n) is 10.2. The SMILES string of the molecule is CCCCCN(CC(=O)Nc1cc(C(C)(C)C)nn1-c1ccc(Cl)c(Cl)c1)C(=O)Nc1ccc(C)c(Cl)c1. The first-order valence-corrected chi connectivity index (χ1v) is 13.7. The molecule has 0 aliphatic rings. The van der Waals surface area contributed by atoms with Gasteiger partial charge in [0, 0.05) is 28.7 Å². The second-order valence-corrected chi connectivity index (χ2v) is 11.5. The molecular weight excluding hydrogens is 545 g/mol. The summed E-state index contributed by atoms with van der Waals surface area (Å²) in [5.41, 5.74) is 2.66. The molecule has 0 aliphatic carbocycles. The monoisotopic (exact) mass is 577 g/mol. The van der Waals surface area contributed by atoms with E-state index >= 15 is 0 Å². The molecule has 0 spiro atoms. The van der Waals surface area contributed by atoms with Gasteiger partial charge >= 0.3 is 6.03 Å². The minimum Gasteiger partial charge on any atom is -0.315 e. The van der Waals surface area contributed by atoms with Crippen LogP contribution in [0, 0.1) is 6.92 Å². The maximum Gasteiger partial charge on any atom is 0.322 e. The quantitative estimate of drug-likeness (QED) is 0.252. The summed E-state index contributed by atoms with van der Waals surface area (Å²) in [6, 6.07) is 11.9. The normalized spacial score (nSPS) is 11.4. The summed E-state index contributed by atoms with van der Waals surface area (Å²) < 4.78 is 1.62. The number of halogens is 3. The average molecular weight is 579 g/mol. The van der Waals surface area contributed by atoms with Gasteiger partial charge in [0.25, 0.3) is 0 Å². The van der Waals surface area contributed by atoms with Crippen molar-refractivity contribution in [2.75, 3.05) is 23.7 Å². The Labute approximate surface area is 239 Å². The molecule has 0 radical (unpaired) electrons. The van der Waals surface area contributed by atoms with E-state index in [-0.39, 0.29) is 23.9 Å². The molecular formula is C28H34Cl3N5O2. The van der Waals surface area contributed by atoms with Crippen molar-refractivity contribution in [1.82, 2.24) is 14.7 Å². The van der Waals surface area contributed by atoms with Gasteiger partial charge in [0.2, 0.25) is 5.91 Å². The minimum atomic E-state index is -0.371. The van der Waals surface area contributed by atoms with Gasteiger partial charge in [-0.3, -0.25) is 4.79 Å². The number of benzene rings is 2. The molecule has 0 aliphatic heterocycles. The van der Waals surface area contributed by atoms with Crippen LogP contribution >= 0.6 is 34.8 Å². The molecule has 0 fully saturated rings. The summed E-state index contributed by atoms with van der Waals surface area (Å²) in [6.07, 6.45) is 2.72. The first-order valence-electron chi connectivity index (χ1n) is 12.6. The molecule has 204 valence electrons. The zero-order valence-electron chi connectivity index (χ0n) is 22.4. The van der Waals surface area contributed by atoms with Crippen molar-refractivity contribution in [2.24, 2.45) is 0 Å². The highest BCUT2D eigenvalue weighted by Crippen LogP contribution is 2.29. The molecule has 7 nitrogen and oxygen atoms in total. The van der Waals surface area contributed by atoms with Gasteiger partial charge in [-0.05, 0) is 49.2 Å². The lowest BCUT2D eigenvalue weighted by molar-refractivity contribution is -0.116. The number of nitrogens with zero attached hydrogens (tertiary/aromatic N) is 3. The lowest BCUT2D eigenvalue weighted by atomic mass is 9.92. The van der Waals surface area contributed by atoms with Crippen LogP contribution in [0.15, 0.2) is 42.5 Å². The Balaban J connectivity index is 1.83. The van der Waals surface area contributed by atoms with E-state index in [4.69, 9.17) is 39.9 Å². The van der Waals surface area contributed by atoms with Crippen molar-refractivity contribution >= 4 is 58.2 Å². The number of rotatable bonds is 9. The number of urea groups is 1. The lowest BCUT2D eigenvalue weighted by Crippen LogP contribution is -2.41. The first-order chi connectivity index (χ1) is 17.9. The molecule has 0 bridgehead atoms. The number of unbranched alkanes of at least 4 members (excludes halogenated alkanes) is 2. The van der Waals surface area contributed by atoms with Gasteiger partial charge in [0.05, 0.1) is 21.4 Å².